The largest absolute Gasteiger partial charge is 0.287 e. The molecular formula is C8H10O2S2. The summed E-state index contributed by atoms with van der Waals surface area (Å²) in [6, 6.07) is 0. The van der Waals surface area contributed by atoms with Crippen LogP contribution in [0.2, 0.25) is 0 Å². The Bertz CT molecular complexity index is 170. The zero-order chi connectivity index (χ0) is 9.40. The van der Waals surface area contributed by atoms with Crippen molar-refractivity contribution in [3.8, 4) is 24.7 Å². The van der Waals surface area contributed by atoms with E-state index in [-0.39, 0.29) is 12.2 Å². The molecule has 66 valence electrons. The van der Waals surface area contributed by atoms with Crippen LogP contribution in [0.3, 0.4) is 0 Å². The van der Waals surface area contributed by atoms with E-state index in [1.807, 2.05) is 0 Å². The van der Waals surface area contributed by atoms with Gasteiger partial charge in [-0.05, 0) is 13.8 Å². The normalized spacial score (nSPS) is 14.3. The Labute approximate surface area is 81.6 Å². The lowest BCUT2D eigenvalue weighted by molar-refractivity contribution is 0.324. The number of hydrogen-bond donors (Lipinski definition) is 0. The molecule has 0 bridgehead atoms. The first-order chi connectivity index (χ1) is 5.70. The summed E-state index contributed by atoms with van der Waals surface area (Å²) < 4.78 is 10.1. The summed E-state index contributed by atoms with van der Waals surface area (Å²) in [5, 5.41) is 0. The first-order valence-corrected chi connectivity index (χ1v) is 5.28. The van der Waals surface area contributed by atoms with Gasteiger partial charge in [0.2, 0.25) is 0 Å². The van der Waals surface area contributed by atoms with E-state index in [1.54, 1.807) is 13.8 Å². The molecule has 0 fully saturated rings. The van der Waals surface area contributed by atoms with E-state index < -0.39 is 0 Å². The molecule has 0 amide bonds. The summed E-state index contributed by atoms with van der Waals surface area (Å²) in [6.45, 7) is 3.55. The second kappa shape index (κ2) is 7.39. The number of hydrogen-bond acceptors (Lipinski definition) is 4. The van der Waals surface area contributed by atoms with Gasteiger partial charge in [-0.1, -0.05) is 11.8 Å². The molecule has 0 aliphatic heterocycles. The lowest BCUT2D eigenvalue weighted by Crippen LogP contribution is -1.99. The maximum absolute atomic E-state index is 5.07. The van der Waals surface area contributed by atoms with Crippen molar-refractivity contribution in [3.05, 3.63) is 0 Å². The van der Waals surface area contributed by atoms with Gasteiger partial charge in [-0.25, -0.2) is 0 Å². The quantitative estimate of drug-likeness (QED) is 0.294. The zero-order valence-corrected chi connectivity index (χ0v) is 8.58. The maximum Gasteiger partial charge on any atom is 0.130 e. The smallest absolute Gasteiger partial charge is 0.130 e. The van der Waals surface area contributed by atoms with Crippen LogP contribution in [0.1, 0.15) is 13.8 Å². The first kappa shape index (κ1) is 11.7. The monoisotopic (exact) mass is 202 g/mol. The van der Waals surface area contributed by atoms with Crippen LogP contribution in [0.4, 0.5) is 0 Å². The lowest BCUT2D eigenvalue weighted by atomic mass is 10.4. The summed E-state index contributed by atoms with van der Waals surface area (Å²) in [5.74, 6) is 4.83. The van der Waals surface area contributed by atoms with E-state index in [2.05, 4.69) is 11.8 Å². The number of terminal acetylenes is 2. The van der Waals surface area contributed by atoms with Crippen LogP contribution in [0.25, 0.3) is 0 Å². The molecule has 0 saturated heterocycles. The minimum atomic E-state index is -0.216. The highest BCUT2D eigenvalue weighted by Gasteiger charge is 2.00. The van der Waals surface area contributed by atoms with Gasteiger partial charge in [0.25, 0.3) is 0 Å². The molecule has 0 aliphatic rings. The summed E-state index contributed by atoms with van der Waals surface area (Å²) in [6.07, 6.45) is 9.71. The van der Waals surface area contributed by atoms with Crippen LogP contribution in [0.5, 0.6) is 0 Å². The van der Waals surface area contributed by atoms with Crippen LogP contribution in [0, 0.1) is 24.7 Å². The lowest BCUT2D eigenvalue weighted by Gasteiger charge is -2.05. The Hall–Kier alpha value is -0.260. The van der Waals surface area contributed by atoms with E-state index in [0.29, 0.717) is 0 Å². The fraction of sp³-hybridized carbons (Fsp3) is 0.500. The molecule has 0 saturated carbocycles. The van der Waals surface area contributed by atoms with Gasteiger partial charge in [0.1, 0.15) is 12.2 Å². The second-order valence-electron chi connectivity index (χ2n) is 1.95. The fourth-order valence-electron chi connectivity index (χ4n) is 0.205. The summed E-state index contributed by atoms with van der Waals surface area (Å²) in [4.78, 5) is 0. The van der Waals surface area contributed by atoms with Crippen LogP contribution in [-0.4, -0.2) is 12.2 Å². The highest BCUT2D eigenvalue weighted by Crippen LogP contribution is 2.26. The molecule has 0 rings (SSSR count). The molecular weight excluding hydrogens is 192 g/mol. The molecule has 0 N–H and O–H groups in total. The van der Waals surface area contributed by atoms with E-state index in [4.69, 9.17) is 21.2 Å². The van der Waals surface area contributed by atoms with Crippen LogP contribution < -0.4 is 0 Å². The Morgan fingerprint density at radius 1 is 1.00 bits per heavy atom. The van der Waals surface area contributed by atoms with Gasteiger partial charge in [0, 0.05) is 0 Å². The summed E-state index contributed by atoms with van der Waals surface area (Å²) >= 11 is 2.17. The van der Waals surface area contributed by atoms with Gasteiger partial charge >= 0.3 is 0 Å². The third-order valence-electron chi connectivity index (χ3n) is 0.864. The molecule has 2 unspecified atom stereocenters. The van der Waals surface area contributed by atoms with Gasteiger partial charge in [0.05, 0.1) is 22.1 Å². The van der Waals surface area contributed by atoms with Crippen molar-refractivity contribution in [1.29, 1.82) is 0 Å². The van der Waals surface area contributed by atoms with E-state index in [1.165, 1.54) is 0 Å². The molecule has 0 aromatic rings. The molecule has 0 aromatic carbocycles. The van der Waals surface area contributed by atoms with Crippen LogP contribution >= 0.6 is 22.1 Å². The molecule has 0 aliphatic carbocycles. The Morgan fingerprint density at radius 3 is 1.58 bits per heavy atom. The van der Waals surface area contributed by atoms with Crippen molar-refractivity contribution in [1.82, 2.24) is 0 Å². The van der Waals surface area contributed by atoms with Crippen molar-refractivity contribution in [2.24, 2.45) is 0 Å². The topological polar surface area (TPSA) is 18.5 Å². The van der Waals surface area contributed by atoms with Gasteiger partial charge in [-0.15, -0.1) is 12.8 Å². The van der Waals surface area contributed by atoms with Gasteiger partial charge in [-0.3, -0.25) is 8.37 Å². The molecule has 0 aromatic heterocycles. The average molecular weight is 202 g/mol. The number of rotatable bonds is 5. The highest BCUT2D eigenvalue weighted by atomic mass is 33.1. The van der Waals surface area contributed by atoms with Crippen molar-refractivity contribution in [2.75, 3.05) is 0 Å². The second-order valence-corrected chi connectivity index (χ2v) is 3.42. The molecule has 0 heterocycles. The SMILES string of the molecule is C#CC(C)OSSOC(C)C#C. The van der Waals surface area contributed by atoms with Crippen molar-refractivity contribution < 1.29 is 8.37 Å². The van der Waals surface area contributed by atoms with E-state index in [0.717, 1.165) is 22.1 Å². The fourth-order valence-corrected chi connectivity index (χ4v) is 1.52. The van der Waals surface area contributed by atoms with Gasteiger partial charge < -0.3 is 0 Å². The Kier molecular flexibility index (Phi) is 7.23. The van der Waals surface area contributed by atoms with E-state index >= 15 is 0 Å². The summed E-state index contributed by atoms with van der Waals surface area (Å²) in [5.41, 5.74) is 0. The Morgan fingerprint density at radius 2 is 1.33 bits per heavy atom. The molecule has 0 spiro atoms. The Balaban J connectivity index is 3.24. The predicted octanol–water partition coefficient (Wildman–Crippen LogP) is 2.27. The zero-order valence-electron chi connectivity index (χ0n) is 6.94. The minimum absolute atomic E-state index is 0.216. The van der Waals surface area contributed by atoms with Gasteiger partial charge in [-0.2, -0.15) is 0 Å². The third kappa shape index (κ3) is 6.45. The van der Waals surface area contributed by atoms with Gasteiger partial charge in [0.15, 0.2) is 0 Å². The molecule has 12 heavy (non-hydrogen) atoms. The van der Waals surface area contributed by atoms with Crippen molar-refractivity contribution in [2.45, 2.75) is 26.1 Å². The molecule has 0 radical (unpaired) electrons. The first-order valence-electron chi connectivity index (χ1n) is 3.28. The molecule has 4 heteroatoms. The van der Waals surface area contributed by atoms with Crippen molar-refractivity contribution in [3.63, 3.8) is 0 Å². The molecule has 2 atom stereocenters. The third-order valence-corrected chi connectivity index (χ3v) is 2.29. The highest BCUT2D eigenvalue weighted by molar-refractivity contribution is 8.73. The maximum atomic E-state index is 5.07. The summed E-state index contributed by atoms with van der Waals surface area (Å²) in [7, 11) is 0. The van der Waals surface area contributed by atoms with Crippen LogP contribution in [-0.2, 0) is 8.37 Å². The van der Waals surface area contributed by atoms with Crippen LogP contribution in [0.15, 0.2) is 0 Å². The van der Waals surface area contributed by atoms with Crippen molar-refractivity contribution >= 4 is 22.1 Å². The standard InChI is InChI=1S/C8H10O2S2/c1-5-7(3)9-11-12-10-8(4)6-2/h1-2,7-8H,3-4H3. The average Bonchev–Trinajstić information content (AvgIpc) is 2.11. The van der Waals surface area contributed by atoms with E-state index in [9.17, 15) is 0 Å². The molecule has 2 nitrogen and oxygen atoms in total. The minimum Gasteiger partial charge on any atom is -0.287 e. The predicted molar refractivity (Wildman–Crippen MR) is 53.9 cm³/mol.